The summed E-state index contributed by atoms with van der Waals surface area (Å²) in [6, 6.07) is 5.74. The fraction of sp³-hybridized carbons (Fsp3) is 0.645. The van der Waals surface area contributed by atoms with Crippen molar-refractivity contribution in [3.63, 3.8) is 0 Å². The van der Waals surface area contributed by atoms with Crippen LogP contribution >= 0.6 is 11.3 Å². The number of aromatic carboxylic acids is 1. The maximum absolute atomic E-state index is 11.4. The van der Waals surface area contributed by atoms with Crippen molar-refractivity contribution in [2.45, 2.75) is 113 Å². The molecule has 1 saturated heterocycles. The molecule has 6 fully saturated rings. The lowest BCUT2D eigenvalue weighted by Crippen LogP contribution is -2.46. The van der Waals surface area contributed by atoms with Gasteiger partial charge in [-0.1, -0.05) is 16.5 Å². The minimum absolute atomic E-state index is 0.252. The topological polar surface area (TPSA) is 88.5 Å². The summed E-state index contributed by atoms with van der Waals surface area (Å²) < 4.78 is 13.7. The van der Waals surface area contributed by atoms with Gasteiger partial charge in [-0.25, -0.2) is 9.78 Å². The highest BCUT2D eigenvalue weighted by Gasteiger charge is 2.73. The average molecular weight is 546 g/mol. The van der Waals surface area contributed by atoms with E-state index in [1.165, 1.54) is 75.5 Å². The summed E-state index contributed by atoms with van der Waals surface area (Å²) in [7, 11) is 0. The number of nitrogens with zero attached hydrogens (tertiary/aromatic N) is 3. The van der Waals surface area contributed by atoms with E-state index in [2.05, 4.69) is 10.1 Å². The number of fused-ring (bicyclic) bond motifs is 1. The van der Waals surface area contributed by atoms with Crippen LogP contribution in [0.3, 0.4) is 0 Å². The zero-order chi connectivity index (χ0) is 25.9. The summed E-state index contributed by atoms with van der Waals surface area (Å²) in [5, 5.41) is 15.1. The van der Waals surface area contributed by atoms with Crippen LogP contribution in [0.25, 0.3) is 10.2 Å². The van der Waals surface area contributed by atoms with Crippen molar-refractivity contribution in [2.24, 2.45) is 11.3 Å². The number of hydrogen-bond acceptors (Lipinski definition) is 7. The van der Waals surface area contributed by atoms with Crippen LogP contribution in [-0.2, 0) is 11.3 Å². The number of aromatic nitrogens is 2. The number of carboxylic acid groups (broad SMARTS) is 1. The van der Waals surface area contributed by atoms with Gasteiger partial charge in [-0.2, -0.15) is 0 Å². The maximum atomic E-state index is 11.4. The molecule has 0 radical (unpaired) electrons. The molecule has 1 aromatic carbocycles. The van der Waals surface area contributed by atoms with Crippen LogP contribution in [0, 0.1) is 11.3 Å². The molecule has 6 aliphatic rings. The Hall–Kier alpha value is -2.45. The number of benzene rings is 1. The lowest BCUT2D eigenvalue weighted by molar-refractivity contribution is -0.0164. The molecule has 1 aliphatic heterocycles. The average Bonchev–Trinajstić information content (AvgIpc) is 3.89. The van der Waals surface area contributed by atoms with Gasteiger partial charge < -0.3 is 19.3 Å². The normalized spacial score (nSPS) is 32.6. The van der Waals surface area contributed by atoms with Crippen LogP contribution < -0.4 is 4.90 Å². The predicted molar refractivity (Wildman–Crippen MR) is 147 cm³/mol. The zero-order valence-corrected chi connectivity index (χ0v) is 23.0. The first-order valence-electron chi connectivity index (χ1n) is 15.1. The Balaban J connectivity index is 0.924. The number of carbonyl (C=O) groups is 1. The molecule has 9 rings (SSSR count). The van der Waals surface area contributed by atoms with E-state index in [1.807, 2.05) is 6.07 Å². The zero-order valence-electron chi connectivity index (χ0n) is 22.2. The molecule has 3 unspecified atom stereocenters. The fourth-order valence-corrected chi connectivity index (χ4v) is 9.69. The van der Waals surface area contributed by atoms with E-state index in [9.17, 15) is 9.90 Å². The van der Waals surface area contributed by atoms with Crippen molar-refractivity contribution in [1.82, 2.24) is 10.1 Å². The van der Waals surface area contributed by atoms with Gasteiger partial charge in [0.25, 0.3) is 0 Å². The smallest absolute Gasteiger partial charge is 0.335 e. The minimum atomic E-state index is -0.888. The molecule has 2 aromatic heterocycles. The molecule has 1 N–H and O–H groups in total. The van der Waals surface area contributed by atoms with Crippen LogP contribution in [0.1, 0.15) is 116 Å². The summed E-state index contributed by atoms with van der Waals surface area (Å²) in [6.07, 6.45) is 15.4. The third-order valence-electron chi connectivity index (χ3n) is 11.4. The van der Waals surface area contributed by atoms with Gasteiger partial charge in [-0.15, -0.1) is 0 Å². The van der Waals surface area contributed by atoms with Gasteiger partial charge in [-0.3, -0.25) is 0 Å². The van der Waals surface area contributed by atoms with Gasteiger partial charge in [-0.05, 0) is 107 Å². The Morgan fingerprint density at radius 3 is 2.64 bits per heavy atom. The van der Waals surface area contributed by atoms with Crippen LogP contribution in [0.15, 0.2) is 22.7 Å². The number of rotatable bonds is 7. The van der Waals surface area contributed by atoms with E-state index < -0.39 is 5.97 Å². The third-order valence-corrected chi connectivity index (χ3v) is 12.4. The van der Waals surface area contributed by atoms with Gasteiger partial charge in [0.15, 0.2) is 5.13 Å². The first kappa shape index (κ1) is 23.3. The summed E-state index contributed by atoms with van der Waals surface area (Å²) in [5.74, 6) is 1.97. The Kier molecular flexibility index (Phi) is 4.81. The molecule has 3 aromatic rings. The van der Waals surface area contributed by atoms with E-state index >= 15 is 0 Å². The molecule has 3 heterocycles. The summed E-state index contributed by atoms with van der Waals surface area (Å²) in [4.78, 5) is 18.9. The molecule has 0 amide bonds. The highest BCUT2D eigenvalue weighted by molar-refractivity contribution is 7.22. The number of anilines is 1. The SMILES string of the molecule is O=C(O)c1ccc2nc(N3C4CC(OCc5c(C6CCC7(CC6)CC7)noc5C5CC5)C[C@@H]5CCC453)sc2c1. The van der Waals surface area contributed by atoms with Crippen molar-refractivity contribution in [3.05, 3.63) is 40.8 Å². The second kappa shape index (κ2) is 8.06. The van der Waals surface area contributed by atoms with Gasteiger partial charge >= 0.3 is 5.97 Å². The molecule has 5 saturated carbocycles. The van der Waals surface area contributed by atoms with E-state index in [-0.39, 0.29) is 11.6 Å². The molecule has 5 aliphatic carbocycles. The van der Waals surface area contributed by atoms with E-state index in [4.69, 9.17) is 14.2 Å². The summed E-state index contributed by atoms with van der Waals surface area (Å²) in [5.41, 5.74) is 4.66. The molecule has 8 heteroatoms. The van der Waals surface area contributed by atoms with Gasteiger partial charge in [0.2, 0.25) is 0 Å². The van der Waals surface area contributed by atoms with Gasteiger partial charge in [0, 0.05) is 17.4 Å². The monoisotopic (exact) mass is 545 g/mol. The quantitative estimate of drug-likeness (QED) is 0.319. The van der Waals surface area contributed by atoms with Crippen LogP contribution in [0.5, 0.6) is 0 Å². The van der Waals surface area contributed by atoms with Crippen molar-refractivity contribution >= 4 is 32.7 Å². The summed E-state index contributed by atoms with van der Waals surface area (Å²) >= 11 is 1.64. The number of thiazole rings is 1. The maximum Gasteiger partial charge on any atom is 0.335 e. The molecule has 204 valence electrons. The lowest BCUT2D eigenvalue weighted by Gasteiger charge is -2.42. The predicted octanol–water partition coefficient (Wildman–Crippen LogP) is 7.01. The Morgan fingerprint density at radius 1 is 1.08 bits per heavy atom. The summed E-state index contributed by atoms with van der Waals surface area (Å²) in [6.45, 7) is 0.641. The third kappa shape index (κ3) is 3.52. The van der Waals surface area contributed by atoms with Crippen LogP contribution in [-0.4, -0.2) is 38.9 Å². The van der Waals surface area contributed by atoms with E-state index in [0.717, 1.165) is 34.0 Å². The molecule has 7 nitrogen and oxygen atoms in total. The first-order chi connectivity index (χ1) is 19.0. The highest BCUT2D eigenvalue weighted by Crippen LogP contribution is 2.67. The molecule has 4 atom stereocenters. The van der Waals surface area contributed by atoms with Crippen LogP contribution in [0.2, 0.25) is 0 Å². The Morgan fingerprint density at radius 2 is 1.92 bits per heavy atom. The second-order valence-corrected chi connectivity index (χ2v) is 14.5. The van der Waals surface area contributed by atoms with E-state index in [0.29, 0.717) is 41.4 Å². The molecule has 2 spiro atoms. The number of ether oxygens (including phenoxy) is 1. The largest absolute Gasteiger partial charge is 0.478 e. The Bertz CT molecular complexity index is 1480. The second-order valence-electron chi connectivity index (χ2n) is 13.5. The molecule has 0 bridgehead atoms. The van der Waals surface area contributed by atoms with Gasteiger partial charge in [0.1, 0.15) is 5.76 Å². The standard InChI is InChI=1S/C31H35N3O4S/c35-28(36)19-3-4-23-24(13-19)39-29(32-23)34-25-15-21(14-20-7-10-31(20,25)34)37-16-22-26(33-38-27(22)18-1-2-18)17-5-8-30(9-6-17)11-12-30/h3-4,13,17-18,20-21,25H,1-2,5-12,14-16H2,(H,35,36)/t20-,21?,25?,31?,34?/m0/s1. The fourth-order valence-electron chi connectivity index (χ4n) is 8.55. The first-order valence-corrected chi connectivity index (χ1v) is 15.9. The van der Waals surface area contributed by atoms with Crippen molar-refractivity contribution < 1.29 is 19.2 Å². The lowest BCUT2D eigenvalue weighted by atomic mass is 9.64. The Labute approximate surface area is 231 Å². The van der Waals surface area contributed by atoms with Crippen molar-refractivity contribution in [1.29, 1.82) is 0 Å². The number of carboxylic acids is 1. The molecular weight excluding hydrogens is 510 g/mol. The van der Waals surface area contributed by atoms with E-state index in [1.54, 1.807) is 23.5 Å². The van der Waals surface area contributed by atoms with Gasteiger partial charge in [0.05, 0.1) is 45.8 Å². The van der Waals surface area contributed by atoms with Crippen molar-refractivity contribution in [3.8, 4) is 0 Å². The minimum Gasteiger partial charge on any atom is -0.478 e. The van der Waals surface area contributed by atoms with Crippen molar-refractivity contribution in [2.75, 3.05) is 4.90 Å². The number of hydrogen-bond donors (Lipinski definition) is 1. The molecular formula is C31H35N3O4S. The van der Waals surface area contributed by atoms with Crippen LogP contribution in [0.4, 0.5) is 5.13 Å². The highest BCUT2D eigenvalue weighted by atomic mass is 32.1. The molecule has 39 heavy (non-hydrogen) atoms.